The van der Waals surface area contributed by atoms with Crippen molar-refractivity contribution in [3.63, 3.8) is 0 Å². The zero-order chi connectivity index (χ0) is 13.3. The summed E-state index contributed by atoms with van der Waals surface area (Å²) in [6.07, 6.45) is 5.20. The summed E-state index contributed by atoms with van der Waals surface area (Å²) in [5.74, 6) is 0.936. The second-order valence-corrected chi connectivity index (χ2v) is 6.21. The molecular weight excluding hydrogens is 238 g/mol. The van der Waals surface area contributed by atoms with E-state index in [4.69, 9.17) is 18.0 Å². The Morgan fingerprint density at radius 2 is 1.67 bits per heavy atom. The Bertz CT molecular complexity index is 435. The van der Waals surface area contributed by atoms with Crippen LogP contribution >= 0.6 is 12.2 Å². The molecule has 1 nitrogen and oxygen atoms in total. The number of hydrogen-bond donors (Lipinski definition) is 1. The molecule has 0 radical (unpaired) electrons. The van der Waals surface area contributed by atoms with Crippen molar-refractivity contribution < 1.29 is 0 Å². The molecule has 1 aromatic rings. The maximum absolute atomic E-state index is 6.06. The van der Waals surface area contributed by atoms with Gasteiger partial charge in [0.15, 0.2) is 0 Å². The number of nitrogens with two attached hydrogens (primary N) is 1. The van der Waals surface area contributed by atoms with Crippen molar-refractivity contribution in [1.29, 1.82) is 0 Å². The van der Waals surface area contributed by atoms with E-state index in [9.17, 15) is 0 Å². The molecule has 0 aromatic heterocycles. The van der Waals surface area contributed by atoms with Gasteiger partial charge in [0, 0.05) is 5.92 Å². The molecule has 18 heavy (non-hydrogen) atoms. The van der Waals surface area contributed by atoms with Crippen LogP contribution in [0.5, 0.6) is 0 Å². The predicted octanol–water partition coefficient (Wildman–Crippen LogP) is 4.17. The summed E-state index contributed by atoms with van der Waals surface area (Å²) >= 11 is 5.37. The summed E-state index contributed by atoms with van der Waals surface area (Å²) in [5, 5.41) is 0. The Labute approximate surface area is 116 Å². The van der Waals surface area contributed by atoms with Gasteiger partial charge in [0.05, 0.1) is 4.99 Å². The van der Waals surface area contributed by atoms with Crippen LogP contribution in [0.25, 0.3) is 0 Å². The summed E-state index contributed by atoms with van der Waals surface area (Å²) in [6, 6.07) is 4.51. The Morgan fingerprint density at radius 3 is 2.11 bits per heavy atom. The van der Waals surface area contributed by atoms with E-state index in [0.29, 0.717) is 10.9 Å². The van der Waals surface area contributed by atoms with E-state index in [0.717, 1.165) is 0 Å². The minimum Gasteiger partial charge on any atom is -0.393 e. The lowest BCUT2D eigenvalue weighted by atomic mass is 9.80. The lowest BCUT2D eigenvalue weighted by Crippen LogP contribution is -2.26. The van der Waals surface area contributed by atoms with Crippen LogP contribution in [0.1, 0.15) is 53.9 Å². The average molecular weight is 261 g/mol. The molecule has 2 rings (SSSR count). The van der Waals surface area contributed by atoms with Crippen LogP contribution in [0, 0.1) is 26.7 Å². The van der Waals surface area contributed by atoms with Crippen LogP contribution in [-0.2, 0) is 0 Å². The summed E-state index contributed by atoms with van der Waals surface area (Å²) in [5.41, 5.74) is 11.5. The van der Waals surface area contributed by atoms with E-state index in [1.54, 1.807) is 0 Å². The monoisotopic (exact) mass is 261 g/mol. The van der Waals surface area contributed by atoms with Gasteiger partial charge >= 0.3 is 0 Å². The van der Waals surface area contributed by atoms with Gasteiger partial charge in [-0.15, -0.1) is 0 Å². The van der Waals surface area contributed by atoms with E-state index < -0.39 is 0 Å². The van der Waals surface area contributed by atoms with E-state index in [1.807, 2.05) is 0 Å². The Balaban J connectivity index is 2.45. The van der Waals surface area contributed by atoms with Crippen molar-refractivity contribution in [2.45, 2.75) is 52.4 Å². The van der Waals surface area contributed by atoms with Crippen LogP contribution < -0.4 is 5.73 Å². The first-order valence-electron chi connectivity index (χ1n) is 6.87. The molecule has 0 heterocycles. The fraction of sp³-hybridized carbons (Fsp3) is 0.562. The fourth-order valence-electron chi connectivity index (χ4n) is 3.58. The standard InChI is InChI=1S/C16H23NS/c1-10-8-11(2)14(12(3)9-10)15(16(17)18)13-6-4-5-7-13/h8-9,13,15H,4-7H2,1-3H3,(H2,17,18). The van der Waals surface area contributed by atoms with Crippen molar-refractivity contribution in [3.05, 3.63) is 34.4 Å². The van der Waals surface area contributed by atoms with Crippen LogP contribution in [-0.4, -0.2) is 4.99 Å². The highest BCUT2D eigenvalue weighted by Crippen LogP contribution is 2.40. The van der Waals surface area contributed by atoms with Crippen LogP contribution in [0.4, 0.5) is 0 Å². The topological polar surface area (TPSA) is 26.0 Å². The van der Waals surface area contributed by atoms with Gasteiger partial charge < -0.3 is 5.73 Å². The molecule has 0 saturated heterocycles. The Morgan fingerprint density at radius 1 is 1.17 bits per heavy atom. The molecule has 1 saturated carbocycles. The molecule has 0 bridgehead atoms. The molecule has 1 atom stereocenters. The first kappa shape index (κ1) is 13.5. The van der Waals surface area contributed by atoms with Crippen LogP contribution in [0.2, 0.25) is 0 Å². The molecule has 1 aliphatic rings. The number of aryl methyl sites for hydroxylation is 3. The largest absolute Gasteiger partial charge is 0.393 e. The molecule has 0 aliphatic heterocycles. The summed E-state index contributed by atoms with van der Waals surface area (Å²) in [6.45, 7) is 6.53. The minimum atomic E-state index is 0.281. The van der Waals surface area contributed by atoms with Gasteiger partial charge in [-0.25, -0.2) is 0 Å². The summed E-state index contributed by atoms with van der Waals surface area (Å²) < 4.78 is 0. The summed E-state index contributed by atoms with van der Waals surface area (Å²) in [7, 11) is 0. The highest BCUT2D eigenvalue weighted by molar-refractivity contribution is 7.80. The molecule has 0 amide bonds. The minimum absolute atomic E-state index is 0.281. The van der Waals surface area contributed by atoms with Gasteiger partial charge in [0.1, 0.15) is 0 Å². The molecule has 1 fully saturated rings. The van der Waals surface area contributed by atoms with Crippen LogP contribution in [0.15, 0.2) is 12.1 Å². The highest BCUT2D eigenvalue weighted by Gasteiger charge is 2.30. The first-order valence-corrected chi connectivity index (χ1v) is 7.28. The molecule has 0 spiro atoms. The third kappa shape index (κ3) is 2.59. The maximum atomic E-state index is 6.06. The normalized spacial score (nSPS) is 17.9. The highest BCUT2D eigenvalue weighted by atomic mass is 32.1. The molecular formula is C16H23NS. The van der Waals surface area contributed by atoms with E-state index in [-0.39, 0.29) is 5.92 Å². The van der Waals surface area contributed by atoms with Gasteiger partial charge in [-0.3, -0.25) is 0 Å². The fourth-order valence-corrected chi connectivity index (χ4v) is 3.89. The van der Waals surface area contributed by atoms with Crippen molar-refractivity contribution >= 4 is 17.2 Å². The van der Waals surface area contributed by atoms with Crippen LogP contribution in [0.3, 0.4) is 0 Å². The van der Waals surface area contributed by atoms with Crippen molar-refractivity contribution in [3.8, 4) is 0 Å². The average Bonchev–Trinajstić information content (AvgIpc) is 2.75. The third-order valence-electron chi connectivity index (χ3n) is 4.23. The Hall–Kier alpha value is -0.890. The Kier molecular flexibility index (Phi) is 4.06. The molecule has 1 aliphatic carbocycles. The lowest BCUT2D eigenvalue weighted by Gasteiger charge is -2.26. The van der Waals surface area contributed by atoms with Gasteiger partial charge in [-0.05, 0) is 56.2 Å². The smallest absolute Gasteiger partial charge is 0.0806 e. The number of thiocarbonyl (C=S) groups is 1. The van der Waals surface area contributed by atoms with Crippen molar-refractivity contribution in [1.82, 2.24) is 0 Å². The van der Waals surface area contributed by atoms with E-state index in [1.165, 1.54) is 47.9 Å². The molecule has 2 heteroatoms. The van der Waals surface area contributed by atoms with Gasteiger partial charge in [0.25, 0.3) is 0 Å². The number of benzene rings is 1. The van der Waals surface area contributed by atoms with Gasteiger partial charge in [0.2, 0.25) is 0 Å². The second kappa shape index (κ2) is 5.40. The first-order chi connectivity index (χ1) is 8.50. The van der Waals surface area contributed by atoms with Crippen molar-refractivity contribution in [2.24, 2.45) is 11.7 Å². The number of rotatable bonds is 3. The molecule has 1 unspecified atom stereocenters. The molecule has 98 valence electrons. The van der Waals surface area contributed by atoms with Gasteiger partial charge in [-0.2, -0.15) is 0 Å². The van der Waals surface area contributed by atoms with Crippen molar-refractivity contribution in [2.75, 3.05) is 0 Å². The molecule has 2 N–H and O–H groups in total. The second-order valence-electron chi connectivity index (χ2n) is 5.74. The number of hydrogen-bond acceptors (Lipinski definition) is 1. The summed E-state index contributed by atoms with van der Waals surface area (Å²) in [4.78, 5) is 0.678. The zero-order valence-corrected chi connectivity index (χ0v) is 12.4. The SMILES string of the molecule is Cc1cc(C)c(C(C(N)=S)C2CCCC2)c(C)c1. The molecule has 1 aromatic carbocycles. The lowest BCUT2D eigenvalue weighted by molar-refractivity contribution is 0.511. The van der Waals surface area contributed by atoms with E-state index in [2.05, 4.69) is 32.9 Å². The van der Waals surface area contributed by atoms with E-state index >= 15 is 0 Å². The maximum Gasteiger partial charge on any atom is 0.0806 e. The predicted molar refractivity (Wildman–Crippen MR) is 82.1 cm³/mol. The van der Waals surface area contributed by atoms with Gasteiger partial charge in [-0.1, -0.05) is 42.8 Å². The quantitative estimate of drug-likeness (QED) is 0.826. The zero-order valence-electron chi connectivity index (χ0n) is 11.6. The third-order valence-corrected chi connectivity index (χ3v) is 4.48.